The smallest absolute Gasteiger partial charge is 0.243 e. The number of imidazole rings is 1. The quantitative estimate of drug-likeness (QED) is 0.628. The summed E-state index contributed by atoms with van der Waals surface area (Å²) in [7, 11) is -3.54. The number of aromatic nitrogens is 2. The molecule has 0 saturated carbocycles. The molecule has 2 aromatic carbocycles. The average Bonchev–Trinajstić information content (AvgIpc) is 3.17. The van der Waals surface area contributed by atoms with Crippen molar-refractivity contribution in [2.75, 3.05) is 26.2 Å². The number of aryl methyl sites for hydroxylation is 3. The van der Waals surface area contributed by atoms with Gasteiger partial charge in [0.2, 0.25) is 15.9 Å². The minimum absolute atomic E-state index is 0.0380. The van der Waals surface area contributed by atoms with Crippen molar-refractivity contribution in [1.82, 2.24) is 18.8 Å². The second-order valence-corrected chi connectivity index (χ2v) is 9.65. The van der Waals surface area contributed by atoms with Crippen molar-refractivity contribution in [3.63, 3.8) is 0 Å². The number of nitrogens with zero attached hydrogens (tertiary/aromatic N) is 4. The molecule has 4 rings (SSSR count). The topological polar surface area (TPSA) is 75.5 Å². The molecule has 0 radical (unpaired) electrons. The van der Waals surface area contributed by atoms with Gasteiger partial charge in [0.25, 0.3) is 0 Å². The Balaban J connectivity index is 1.35. The predicted octanol–water partition coefficient (Wildman–Crippen LogP) is 2.58. The Morgan fingerprint density at radius 2 is 1.73 bits per heavy atom. The minimum Gasteiger partial charge on any atom is -0.340 e. The van der Waals surface area contributed by atoms with Gasteiger partial charge in [0.05, 0.1) is 22.3 Å². The number of carbonyl (C=O) groups excluding carboxylic acids is 1. The van der Waals surface area contributed by atoms with E-state index in [0.29, 0.717) is 44.0 Å². The molecule has 0 atom stereocenters. The molecule has 30 heavy (non-hydrogen) atoms. The Morgan fingerprint density at radius 3 is 2.47 bits per heavy atom. The molecule has 3 aromatic rings. The van der Waals surface area contributed by atoms with E-state index in [-0.39, 0.29) is 5.91 Å². The molecule has 0 aliphatic carbocycles. The van der Waals surface area contributed by atoms with Crippen LogP contribution in [-0.4, -0.2) is 59.3 Å². The fraction of sp³-hybridized carbons (Fsp3) is 0.364. The highest BCUT2D eigenvalue weighted by Crippen LogP contribution is 2.21. The first-order valence-corrected chi connectivity index (χ1v) is 11.6. The minimum atomic E-state index is -3.54. The molecular weight excluding hydrogens is 400 g/mol. The molecule has 1 fully saturated rings. The summed E-state index contributed by atoms with van der Waals surface area (Å²) < 4.78 is 29.3. The van der Waals surface area contributed by atoms with Gasteiger partial charge in [-0.05, 0) is 49.2 Å². The van der Waals surface area contributed by atoms with E-state index in [1.165, 1.54) is 4.31 Å². The molecule has 158 valence electrons. The van der Waals surface area contributed by atoms with Crippen molar-refractivity contribution in [2.45, 2.75) is 31.7 Å². The number of hydrogen-bond donors (Lipinski definition) is 0. The Labute approximate surface area is 177 Å². The number of fused-ring (bicyclic) bond motifs is 1. The van der Waals surface area contributed by atoms with Gasteiger partial charge in [-0.3, -0.25) is 4.79 Å². The first-order chi connectivity index (χ1) is 14.4. The zero-order valence-electron chi connectivity index (χ0n) is 17.3. The number of hydrogen-bond acceptors (Lipinski definition) is 4. The van der Waals surface area contributed by atoms with Crippen molar-refractivity contribution in [3.05, 3.63) is 59.9 Å². The third kappa shape index (κ3) is 3.97. The second-order valence-electron chi connectivity index (χ2n) is 7.71. The molecule has 1 aliphatic rings. The second kappa shape index (κ2) is 8.20. The first-order valence-electron chi connectivity index (χ1n) is 10.1. The van der Waals surface area contributed by atoms with Crippen molar-refractivity contribution in [1.29, 1.82) is 0 Å². The van der Waals surface area contributed by atoms with Crippen LogP contribution >= 0.6 is 0 Å². The summed E-state index contributed by atoms with van der Waals surface area (Å²) in [6.07, 6.45) is 2.12. The lowest BCUT2D eigenvalue weighted by atomic mass is 10.1. The third-order valence-electron chi connectivity index (χ3n) is 5.80. The number of piperazine rings is 1. The number of rotatable bonds is 5. The fourth-order valence-corrected chi connectivity index (χ4v) is 5.27. The van der Waals surface area contributed by atoms with Crippen molar-refractivity contribution < 1.29 is 13.2 Å². The van der Waals surface area contributed by atoms with Crippen LogP contribution in [0, 0.1) is 13.8 Å². The highest BCUT2D eigenvalue weighted by molar-refractivity contribution is 7.89. The zero-order valence-corrected chi connectivity index (χ0v) is 18.1. The van der Waals surface area contributed by atoms with Crippen molar-refractivity contribution >= 4 is 27.0 Å². The van der Waals surface area contributed by atoms with E-state index < -0.39 is 10.0 Å². The van der Waals surface area contributed by atoms with Crippen LogP contribution in [0.15, 0.2) is 53.7 Å². The zero-order chi connectivity index (χ0) is 21.3. The van der Waals surface area contributed by atoms with Gasteiger partial charge in [0.1, 0.15) is 0 Å². The summed E-state index contributed by atoms with van der Waals surface area (Å²) in [5.41, 5.74) is 3.94. The number of benzene rings is 2. The molecular formula is C22H26N4O3S. The summed E-state index contributed by atoms with van der Waals surface area (Å²) in [6.45, 7) is 5.88. The fourth-order valence-electron chi connectivity index (χ4n) is 3.76. The number of para-hydroxylation sites is 2. The Hall–Kier alpha value is -2.71. The maximum Gasteiger partial charge on any atom is 0.243 e. The SMILES string of the molecule is Cc1ccc(S(=O)(=O)N2CCN(C(=O)CCn3cnc4ccccc43)CC2)cc1C. The van der Waals surface area contributed by atoms with Crippen molar-refractivity contribution in [3.8, 4) is 0 Å². The molecule has 8 heteroatoms. The number of sulfonamides is 1. The summed E-state index contributed by atoms with van der Waals surface area (Å²) in [4.78, 5) is 19.1. The van der Waals surface area contributed by atoms with Crippen LogP contribution in [0.5, 0.6) is 0 Å². The lowest BCUT2D eigenvalue weighted by molar-refractivity contribution is -0.132. The molecule has 2 heterocycles. The standard InChI is InChI=1S/C22H26N4O3S/c1-17-7-8-19(15-18(17)2)30(28,29)26-13-11-24(12-14-26)22(27)9-10-25-16-23-20-5-3-4-6-21(20)25/h3-8,15-16H,9-14H2,1-2H3. The van der Waals surface area contributed by atoms with Gasteiger partial charge in [-0.25, -0.2) is 13.4 Å². The molecule has 1 saturated heterocycles. The van der Waals surface area contributed by atoms with Gasteiger partial charge in [-0.2, -0.15) is 4.31 Å². The van der Waals surface area contributed by atoms with Gasteiger partial charge in [-0.15, -0.1) is 0 Å². The van der Waals surface area contributed by atoms with Crippen LogP contribution in [0.2, 0.25) is 0 Å². The van der Waals surface area contributed by atoms with E-state index in [9.17, 15) is 13.2 Å². The van der Waals surface area contributed by atoms with Gasteiger partial charge in [0, 0.05) is 39.1 Å². The molecule has 1 amide bonds. The largest absolute Gasteiger partial charge is 0.340 e. The maximum absolute atomic E-state index is 12.9. The maximum atomic E-state index is 12.9. The van der Waals surface area contributed by atoms with E-state index in [0.717, 1.165) is 22.2 Å². The molecule has 1 aromatic heterocycles. The monoisotopic (exact) mass is 426 g/mol. The molecule has 0 unspecified atom stereocenters. The van der Waals surface area contributed by atoms with Crippen LogP contribution in [0.3, 0.4) is 0 Å². The van der Waals surface area contributed by atoms with Gasteiger partial charge >= 0.3 is 0 Å². The molecule has 0 N–H and O–H groups in total. The summed E-state index contributed by atoms with van der Waals surface area (Å²) >= 11 is 0. The lowest BCUT2D eigenvalue weighted by Crippen LogP contribution is -2.50. The molecule has 0 bridgehead atoms. The molecule has 7 nitrogen and oxygen atoms in total. The van der Waals surface area contributed by atoms with Crippen molar-refractivity contribution in [2.24, 2.45) is 0 Å². The summed E-state index contributed by atoms with van der Waals surface area (Å²) in [6, 6.07) is 13.0. The Kier molecular flexibility index (Phi) is 5.62. The van der Waals surface area contributed by atoms with E-state index >= 15 is 0 Å². The number of carbonyl (C=O) groups is 1. The van der Waals surface area contributed by atoms with Crippen LogP contribution in [0.4, 0.5) is 0 Å². The van der Waals surface area contributed by atoms with E-state index in [4.69, 9.17) is 0 Å². The predicted molar refractivity (Wildman–Crippen MR) is 116 cm³/mol. The average molecular weight is 427 g/mol. The van der Waals surface area contributed by atoms with Gasteiger partial charge in [0.15, 0.2) is 0 Å². The lowest BCUT2D eigenvalue weighted by Gasteiger charge is -2.34. The first kappa shape index (κ1) is 20.6. The van der Waals surface area contributed by atoms with E-state index in [2.05, 4.69) is 4.98 Å². The highest BCUT2D eigenvalue weighted by Gasteiger charge is 2.30. The van der Waals surface area contributed by atoms with Crippen LogP contribution in [0.1, 0.15) is 17.5 Å². The Bertz CT molecular complexity index is 1180. The summed E-state index contributed by atoms with van der Waals surface area (Å²) in [5, 5.41) is 0. The number of amides is 1. The molecule has 0 spiro atoms. The Morgan fingerprint density at radius 1 is 1.00 bits per heavy atom. The van der Waals surface area contributed by atoms with E-state index in [1.807, 2.05) is 48.7 Å². The van der Waals surface area contributed by atoms with Gasteiger partial charge in [-0.1, -0.05) is 18.2 Å². The van der Waals surface area contributed by atoms with Gasteiger partial charge < -0.3 is 9.47 Å². The normalized spacial score (nSPS) is 15.6. The third-order valence-corrected chi connectivity index (χ3v) is 7.70. The van der Waals surface area contributed by atoms with Crippen LogP contribution in [0.25, 0.3) is 11.0 Å². The van der Waals surface area contributed by atoms with Crippen LogP contribution < -0.4 is 0 Å². The van der Waals surface area contributed by atoms with E-state index in [1.54, 1.807) is 23.4 Å². The highest BCUT2D eigenvalue weighted by atomic mass is 32.2. The van der Waals surface area contributed by atoms with Crippen LogP contribution in [-0.2, 0) is 21.4 Å². The molecule has 1 aliphatic heterocycles. The summed E-state index contributed by atoms with van der Waals surface area (Å²) in [5.74, 6) is 0.0380.